The first-order valence-electron chi connectivity index (χ1n) is 9.51. The lowest BCUT2D eigenvalue weighted by atomic mass is 9.96. The van der Waals surface area contributed by atoms with Crippen LogP contribution in [0, 0.1) is 17.6 Å². The Balaban J connectivity index is 1.28. The molecule has 0 saturated carbocycles. The lowest BCUT2D eigenvalue weighted by Gasteiger charge is -2.33. The van der Waals surface area contributed by atoms with Crippen molar-refractivity contribution in [2.45, 2.75) is 32.0 Å². The molecule has 8 heteroatoms. The van der Waals surface area contributed by atoms with E-state index in [9.17, 15) is 13.6 Å². The number of piperidine rings is 1. The normalized spacial score (nSPS) is 18.7. The molecule has 28 heavy (non-hydrogen) atoms. The Morgan fingerprint density at radius 1 is 1.18 bits per heavy atom. The van der Waals surface area contributed by atoms with E-state index in [1.54, 1.807) is 0 Å². The second-order valence-electron chi connectivity index (χ2n) is 7.07. The summed E-state index contributed by atoms with van der Waals surface area (Å²) in [5.41, 5.74) is 0.143. The number of aryl methyl sites for hydroxylation is 1. The van der Waals surface area contributed by atoms with Crippen molar-refractivity contribution in [3.05, 3.63) is 41.9 Å². The summed E-state index contributed by atoms with van der Waals surface area (Å²) in [6.07, 6.45) is 3.59. The second-order valence-corrected chi connectivity index (χ2v) is 7.07. The van der Waals surface area contributed by atoms with Crippen LogP contribution >= 0.6 is 0 Å². The Hall–Kier alpha value is -2.32. The lowest BCUT2D eigenvalue weighted by Crippen LogP contribution is -2.41. The summed E-state index contributed by atoms with van der Waals surface area (Å²) in [4.78, 5) is 18.4. The van der Waals surface area contributed by atoms with E-state index in [-0.39, 0.29) is 29.9 Å². The summed E-state index contributed by atoms with van der Waals surface area (Å²) >= 11 is 0. The summed E-state index contributed by atoms with van der Waals surface area (Å²) in [7, 11) is 0. The summed E-state index contributed by atoms with van der Waals surface area (Å²) in [5, 5.41) is 0. The van der Waals surface area contributed by atoms with Crippen molar-refractivity contribution in [2.75, 3.05) is 26.3 Å². The molecule has 2 fully saturated rings. The number of amides is 1. The first kappa shape index (κ1) is 19.0. The van der Waals surface area contributed by atoms with Gasteiger partial charge in [0.15, 0.2) is 17.9 Å². The minimum absolute atomic E-state index is 0.0411. The number of carbonyl (C=O) groups excluding carboxylic acids is 1. The van der Waals surface area contributed by atoms with E-state index in [1.165, 1.54) is 12.3 Å². The SMILES string of the molecule is O=C(CCc1ncc(-c2ccc(F)cc2F)o1)N1CCC(C2OCCO2)CC1. The Morgan fingerprint density at radius 2 is 1.93 bits per heavy atom. The number of carbonyl (C=O) groups is 1. The van der Waals surface area contributed by atoms with Gasteiger partial charge in [-0.3, -0.25) is 4.79 Å². The number of nitrogens with zero attached hydrogens (tertiary/aromatic N) is 2. The zero-order chi connectivity index (χ0) is 19.5. The molecule has 0 atom stereocenters. The second kappa shape index (κ2) is 8.36. The molecule has 2 aromatic rings. The van der Waals surface area contributed by atoms with Gasteiger partial charge < -0.3 is 18.8 Å². The van der Waals surface area contributed by atoms with Crippen LogP contribution < -0.4 is 0 Å². The summed E-state index contributed by atoms with van der Waals surface area (Å²) in [6.45, 7) is 2.65. The Labute approximate surface area is 161 Å². The van der Waals surface area contributed by atoms with Gasteiger partial charge >= 0.3 is 0 Å². The molecule has 0 aliphatic carbocycles. The van der Waals surface area contributed by atoms with Crippen LogP contribution in [0.3, 0.4) is 0 Å². The molecule has 0 radical (unpaired) electrons. The quantitative estimate of drug-likeness (QED) is 0.782. The van der Waals surface area contributed by atoms with Crippen LogP contribution in [0.4, 0.5) is 8.78 Å². The minimum Gasteiger partial charge on any atom is -0.441 e. The monoisotopic (exact) mass is 392 g/mol. The van der Waals surface area contributed by atoms with E-state index in [4.69, 9.17) is 13.9 Å². The molecule has 2 aliphatic heterocycles. The van der Waals surface area contributed by atoms with Crippen molar-refractivity contribution < 1.29 is 27.5 Å². The fourth-order valence-electron chi connectivity index (χ4n) is 3.68. The summed E-state index contributed by atoms with van der Waals surface area (Å²) in [6, 6.07) is 3.27. The number of halogens is 2. The highest BCUT2D eigenvalue weighted by molar-refractivity contribution is 5.76. The van der Waals surface area contributed by atoms with Gasteiger partial charge in [-0.15, -0.1) is 0 Å². The maximum absolute atomic E-state index is 13.8. The molecule has 150 valence electrons. The molecule has 0 unspecified atom stereocenters. The molecule has 1 amide bonds. The Morgan fingerprint density at radius 3 is 2.64 bits per heavy atom. The molecule has 6 nitrogen and oxygen atoms in total. The van der Waals surface area contributed by atoms with Gasteiger partial charge in [-0.25, -0.2) is 13.8 Å². The largest absolute Gasteiger partial charge is 0.441 e. The standard InChI is InChI=1S/C20H22F2N2O4/c21-14-1-2-15(16(22)11-14)17-12-23-18(28-17)3-4-19(25)24-7-5-13(6-8-24)20-26-9-10-27-20/h1-2,11-13,20H,3-10H2. The maximum Gasteiger partial charge on any atom is 0.223 e. The fourth-order valence-corrected chi connectivity index (χ4v) is 3.68. The van der Waals surface area contributed by atoms with Crippen molar-refractivity contribution in [3.8, 4) is 11.3 Å². The number of rotatable bonds is 5. The van der Waals surface area contributed by atoms with Crippen LogP contribution in [0.2, 0.25) is 0 Å². The van der Waals surface area contributed by atoms with Gasteiger partial charge in [-0.05, 0) is 25.0 Å². The number of hydrogen-bond acceptors (Lipinski definition) is 5. The molecule has 0 spiro atoms. The molecule has 0 N–H and O–H groups in total. The van der Waals surface area contributed by atoms with Gasteiger partial charge in [0, 0.05) is 37.9 Å². The van der Waals surface area contributed by atoms with E-state index in [1.807, 2.05) is 4.90 Å². The topological polar surface area (TPSA) is 64.8 Å². The van der Waals surface area contributed by atoms with Crippen molar-refractivity contribution in [2.24, 2.45) is 5.92 Å². The number of aromatic nitrogens is 1. The summed E-state index contributed by atoms with van der Waals surface area (Å²) in [5.74, 6) is -0.406. The van der Waals surface area contributed by atoms with Gasteiger partial charge in [0.05, 0.1) is 25.0 Å². The fraction of sp³-hybridized carbons (Fsp3) is 0.500. The number of oxazole rings is 1. The van der Waals surface area contributed by atoms with Crippen LogP contribution in [0.25, 0.3) is 11.3 Å². The number of hydrogen-bond donors (Lipinski definition) is 0. The van der Waals surface area contributed by atoms with Crippen LogP contribution in [-0.2, 0) is 20.7 Å². The van der Waals surface area contributed by atoms with Crippen molar-refractivity contribution >= 4 is 5.91 Å². The van der Waals surface area contributed by atoms with Crippen molar-refractivity contribution in [1.82, 2.24) is 9.88 Å². The molecule has 2 saturated heterocycles. The predicted octanol–water partition coefficient (Wildman–Crippen LogP) is 3.16. The third-order valence-corrected chi connectivity index (χ3v) is 5.23. The molecule has 0 bridgehead atoms. The van der Waals surface area contributed by atoms with Gasteiger partial charge in [-0.1, -0.05) is 0 Å². The van der Waals surface area contributed by atoms with Gasteiger partial charge in [0.2, 0.25) is 5.91 Å². The molecule has 1 aromatic heterocycles. The average molecular weight is 392 g/mol. The van der Waals surface area contributed by atoms with Crippen LogP contribution in [-0.4, -0.2) is 48.4 Å². The molecular weight excluding hydrogens is 370 g/mol. The number of likely N-dealkylation sites (tertiary alicyclic amines) is 1. The average Bonchev–Trinajstić information content (AvgIpc) is 3.38. The van der Waals surface area contributed by atoms with Gasteiger partial charge in [0.25, 0.3) is 0 Å². The molecule has 2 aliphatic rings. The van der Waals surface area contributed by atoms with E-state index >= 15 is 0 Å². The predicted molar refractivity (Wildman–Crippen MR) is 95.2 cm³/mol. The third kappa shape index (κ3) is 4.23. The van der Waals surface area contributed by atoms with Gasteiger partial charge in [0.1, 0.15) is 11.6 Å². The van der Waals surface area contributed by atoms with E-state index < -0.39 is 11.6 Å². The number of ether oxygens (including phenoxy) is 2. The molecule has 3 heterocycles. The van der Waals surface area contributed by atoms with E-state index in [0.717, 1.165) is 25.0 Å². The highest BCUT2D eigenvalue weighted by atomic mass is 19.1. The number of benzene rings is 1. The smallest absolute Gasteiger partial charge is 0.223 e. The maximum atomic E-state index is 13.8. The zero-order valence-electron chi connectivity index (χ0n) is 15.4. The Kier molecular flexibility index (Phi) is 5.68. The third-order valence-electron chi connectivity index (χ3n) is 5.23. The van der Waals surface area contributed by atoms with Crippen molar-refractivity contribution in [3.63, 3.8) is 0 Å². The summed E-state index contributed by atoms with van der Waals surface area (Å²) < 4.78 is 43.5. The van der Waals surface area contributed by atoms with Crippen molar-refractivity contribution in [1.29, 1.82) is 0 Å². The first-order chi connectivity index (χ1) is 13.6. The van der Waals surface area contributed by atoms with E-state index in [0.29, 0.717) is 44.5 Å². The highest BCUT2D eigenvalue weighted by Gasteiger charge is 2.31. The van der Waals surface area contributed by atoms with Crippen LogP contribution in [0.1, 0.15) is 25.2 Å². The minimum atomic E-state index is -0.711. The zero-order valence-corrected chi connectivity index (χ0v) is 15.4. The molecule has 1 aromatic carbocycles. The first-order valence-corrected chi connectivity index (χ1v) is 9.51. The van der Waals surface area contributed by atoms with Crippen LogP contribution in [0.5, 0.6) is 0 Å². The highest BCUT2D eigenvalue weighted by Crippen LogP contribution is 2.27. The Bertz CT molecular complexity index is 827. The lowest BCUT2D eigenvalue weighted by molar-refractivity contribution is -0.136. The van der Waals surface area contributed by atoms with E-state index in [2.05, 4.69) is 4.98 Å². The molecule has 4 rings (SSSR count). The molecular formula is C20H22F2N2O4. The van der Waals surface area contributed by atoms with Crippen LogP contribution in [0.15, 0.2) is 28.8 Å². The van der Waals surface area contributed by atoms with Gasteiger partial charge in [-0.2, -0.15) is 0 Å².